The molecule has 1 rings (SSSR count). The quantitative estimate of drug-likeness (QED) is 0.658. The third-order valence-corrected chi connectivity index (χ3v) is 2.01. The van der Waals surface area contributed by atoms with Crippen LogP contribution in [-0.4, -0.2) is 16.1 Å². The second kappa shape index (κ2) is 4.13. The lowest BCUT2D eigenvalue weighted by atomic mass is 10.3. The molecule has 1 aromatic heterocycles. The topological polar surface area (TPSA) is 22.2 Å². The maximum absolute atomic E-state index is 6.66. The van der Waals surface area contributed by atoms with Crippen LogP contribution in [0.3, 0.4) is 0 Å². The first-order valence-corrected chi connectivity index (χ1v) is 4.20. The lowest BCUT2D eigenvalue weighted by Gasteiger charge is -2.00. The van der Waals surface area contributed by atoms with Crippen molar-refractivity contribution < 1.29 is 0 Å². The second-order valence-corrected chi connectivity index (χ2v) is 2.76. The van der Waals surface area contributed by atoms with Crippen molar-refractivity contribution in [3.8, 4) is 0 Å². The minimum atomic E-state index is 0.478. The molecule has 64 valence electrons. The fraction of sp³-hybridized carbons (Fsp3) is 0.500. The molecule has 0 saturated carbocycles. The summed E-state index contributed by atoms with van der Waals surface area (Å²) >= 11 is 5.82. The van der Waals surface area contributed by atoms with Gasteiger partial charge in [-0.3, -0.25) is 0 Å². The summed E-state index contributed by atoms with van der Waals surface area (Å²) < 4.78 is 1.97. The SMILES string of the molecule is [C-]#[N+]CCc1c(Cl)ncn1CC. The van der Waals surface area contributed by atoms with Crippen LogP contribution < -0.4 is 0 Å². The Morgan fingerprint density at radius 3 is 3.08 bits per heavy atom. The lowest BCUT2D eigenvalue weighted by Crippen LogP contribution is -2.00. The third-order valence-electron chi connectivity index (χ3n) is 1.70. The van der Waals surface area contributed by atoms with E-state index in [4.69, 9.17) is 18.2 Å². The van der Waals surface area contributed by atoms with Crippen molar-refractivity contribution >= 4 is 11.6 Å². The fourth-order valence-electron chi connectivity index (χ4n) is 1.06. The highest BCUT2D eigenvalue weighted by atomic mass is 35.5. The zero-order valence-electron chi connectivity index (χ0n) is 6.92. The molecule has 0 bridgehead atoms. The van der Waals surface area contributed by atoms with Crippen LogP contribution in [0.2, 0.25) is 5.15 Å². The van der Waals surface area contributed by atoms with Crippen molar-refractivity contribution in [2.24, 2.45) is 0 Å². The van der Waals surface area contributed by atoms with Crippen LogP contribution in [0.15, 0.2) is 6.33 Å². The van der Waals surface area contributed by atoms with Gasteiger partial charge in [0.05, 0.1) is 18.4 Å². The standard InChI is InChI=1S/C8H10ClN3/c1-3-12-6-11-8(9)7(12)4-5-10-2/h6H,3-5H2,1H3. The predicted octanol–water partition coefficient (Wildman–Crippen LogP) is 2.02. The van der Waals surface area contributed by atoms with Crippen LogP contribution in [0.4, 0.5) is 0 Å². The van der Waals surface area contributed by atoms with Gasteiger partial charge in [-0.2, -0.15) is 0 Å². The van der Waals surface area contributed by atoms with E-state index in [-0.39, 0.29) is 0 Å². The number of rotatable bonds is 3. The molecule has 0 amide bonds. The van der Waals surface area contributed by atoms with E-state index in [1.165, 1.54) is 0 Å². The van der Waals surface area contributed by atoms with Crippen LogP contribution in [-0.2, 0) is 13.0 Å². The van der Waals surface area contributed by atoms with Gasteiger partial charge in [-0.25, -0.2) is 11.6 Å². The molecule has 0 aromatic carbocycles. The number of nitrogens with zero attached hydrogens (tertiary/aromatic N) is 3. The van der Waals surface area contributed by atoms with Crippen molar-refractivity contribution in [1.29, 1.82) is 0 Å². The van der Waals surface area contributed by atoms with E-state index >= 15 is 0 Å². The van der Waals surface area contributed by atoms with Crippen LogP contribution in [0, 0.1) is 6.57 Å². The first kappa shape index (κ1) is 9.08. The van der Waals surface area contributed by atoms with Crippen LogP contribution in [0.25, 0.3) is 4.85 Å². The van der Waals surface area contributed by atoms with E-state index in [0.29, 0.717) is 18.1 Å². The number of halogens is 1. The summed E-state index contributed by atoms with van der Waals surface area (Å²) in [4.78, 5) is 7.24. The van der Waals surface area contributed by atoms with E-state index in [1.54, 1.807) is 6.33 Å². The number of hydrogen-bond acceptors (Lipinski definition) is 1. The summed E-state index contributed by atoms with van der Waals surface area (Å²) in [5, 5.41) is 0.528. The van der Waals surface area contributed by atoms with Gasteiger partial charge in [0.15, 0.2) is 5.15 Å². The molecule has 0 spiro atoms. The molecular formula is C8H10ClN3. The summed E-state index contributed by atoms with van der Waals surface area (Å²) in [6.45, 7) is 10.0. The molecule has 0 saturated heterocycles. The molecule has 0 unspecified atom stereocenters. The Labute approximate surface area is 76.8 Å². The maximum atomic E-state index is 6.66. The van der Waals surface area contributed by atoms with Crippen LogP contribution in [0.5, 0.6) is 0 Å². The first-order valence-electron chi connectivity index (χ1n) is 3.82. The normalized spacial score (nSPS) is 9.75. The van der Waals surface area contributed by atoms with Gasteiger partial charge in [0.25, 0.3) is 0 Å². The van der Waals surface area contributed by atoms with Gasteiger partial charge in [-0.05, 0) is 6.92 Å². The van der Waals surface area contributed by atoms with Crippen molar-refractivity contribution in [1.82, 2.24) is 9.55 Å². The second-order valence-electron chi connectivity index (χ2n) is 2.40. The molecule has 0 atom stereocenters. The molecule has 1 aromatic rings. The summed E-state index contributed by atoms with van der Waals surface area (Å²) in [5.74, 6) is 0. The highest BCUT2D eigenvalue weighted by molar-refractivity contribution is 6.30. The number of imidazole rings is 1. The fourth-order valence-corrected chi connectivity index (χ4v) is 1.31. The molecule has 1 heterocycles. The van der Waals surface area contributed by atoms with Gasteiger partial charge in [0.2, 0.25) is 6.54 Å². The van der Waals surface area contributed by atoms with Gasteiger partial charge in [0, 0.05) is 6.54 Å². The molecule has 0 radical (unpaired) electrons. The predicted molar refractivity (Wildman–Crippen MR) is 48.1 cm³/mol. The van der Waals surface area contributed by atoms with Gasteiger partial charge in [-0.15, -0.1) is 0 Å². The molecule has 0 aliphatic carbocycles. The first-order chi connectivity index (χ1) is 5.79. The maximum Gasteiger partial charge on any atom is 0.220 e. The highest BCUT2D eigenvalue weighted by Gasteiger charge is 2.07. The van der Waals surface area contributed by atoms with E-state index in [1.807, 2.05) is 11.5 Å². The summed E-state index contributed by atoms with van der Waals surface area (Å²) in [5.41, 5.74) is 0.968. The Hall–Kier alpha value is -1.01. The molecule has 0 aliphatic rings. The van der Waals surface area contributed by atoms with Crippen LogP contribution in [0.1, 0.15) is 12.6 Å². The molecule has 0 fully saturated rings. The average Bonchev–Trinajstić information content (AvgIpc) is 2.43. The zero-order chi connectivity index (χ0) is 8.97. The van der Waals surface area contributed by atoms with Crippen LogP contribution >= 0.6 is 11.6 Å². The Bertz CT molecular complexity index is 298. The highest BCUT2D eigenvalue weighted by Crippen LogP contribution is 2.14. The smallest absolute Gasteiger partial charge is 0.220 e. The van der Waals surface area contributed by atoms with Crippen molar-refractivity contribution in [2.75, 3.05) is 6.54 Å². The molecule has 3 nitrogen and oxygen atoms in total. The Balaban J connectivity index is 2.81. The average molecular weight is 184 g/mol. The summed E-state index contributed by atoms with van der Waals surface area (Å²) in [7, 11) is 0. The van der Waals surface area contributed by atoms with E-state index in [9.17, 15) is 0 Å². The zero-order valence-corrected chi connectivity index (χ0v) is 7.67. The van der Waals surface area contributed by atoms with E-state index < -0.39 is 0 Å². The Kier molecular flexibility index (Phi) is 3.12. The van der Waals surface area contributed by atoms with E-state index in [2.05, 4.69) is 9.83 Å². The van der Waals surface area contributed by atoms with Gasteiger partial charge < -0.3 is 9.41 Å². The minimum absolute atomic E-state index is 0.478. The lowest BCUT2D eigenvalue weighted by molar-refractivity contribution is 0.714. The number of aryl methyl sites for hydroxylation is 1. The molecule has 4 heteroatoms. The van der Waals surface area contributed by atoms with Gasteiger partial charge >= 0.3 is 0 Å². The molecular weight excluding hydrogens is 174 g/mol. The summed E-state index contributed by atoms with van der Waals surface area (Å²) in [6.07, 6.45) is 2.40. The number of hydrogen-bond donors (Lipinski definition) is 0. The van der Waals surface area contributed by atoms with Gasteiger partial charge in [-0.1, -0.05) is 11.6 Å². The van der Waals surface area contributed by atoms with Crippen molar-refractivity contribution in [2.45, 2.75) is 19.9 Å². The van der Waals surface area contributed by atoms with E-state index in [0.717, 1.165) is 12.2 Å². The molecule has 12 heavy (non-hydrogen) atoms. The number of aromatic nitrogens is 2. The largest absolute Gasteiger partial charge is 0.333 e. The molecule has 0 N–H and O–H groups in total. The van der Waals surface area contributed by atoms with Crippen molar-refractivity contribution in [3.05, 3.63) is 28.6 Å². The van der Waals surface area contributed by atoms with Crippen molar-refractivity contribution in [3.63, 3.8) is 0 Å². The minimum Gasteiger partial charge on any atom is -0.333 e. The van der Waals surface area contributed by atoms with Gasteiger partial charge in [0.1, 0.15) is 0 Å². The Morgan fingerprint density at radius 2 is 2.50 bits per heavy atom. The Morgan fingerprint density at radius 1 is 1.75 bits per heavy atom. The summed E-state index contributed by atoms with van der Waals surface area (Å²) in [6, 6.07) is 0. The monoisotopic (exact) mass is 183 g/mol. The molecule has 0 aliphatic heterocycles. The third kappa shape index (κ3) is 1.77.